The highest BCUT2D eigenvalue weighted by molar-refractivity contribution is 7.09. The molecule has 21 heavy (non-hydrogen) atoms. The van der Waals surface area contributed by atoms with Gasteiger partial charge in [0.05, 0.1) is 19.0 Å². The van der Waals surface area contributed by atoms with Crippen LogP contribution in [0.5, 0.6) is 0 Å². The Kier molecular flexibility index (Phi) is 3.80. The minimum Gasteiger partial charge on any atom is -0.375 e. The molecule has 0 spiro atoms. The summed E-state index contributed by atoms with van der Waals surface area (Å²) in [4.78, 5) is 8.25. The fraction of sp³-hybridized carbons (Fsp3) is 0.562. The van der Waals surface area contributed by atoms with Crippen LogP contribution in [0.2, 0.25) is 0 Å². The zero-order valence-corrected chi connectivity index (χ0v) is 12.9. The molecule has 3 heterocycles. The molecule has 2 aliphatic rings. The first-order valence-corrected chi connectivity index (χ1v) is 8.62. The number of aromatic nitrogens is 2. The Morgan fingerprint density at radius 1 is 1.38 bits per heavy atom. The highest BCUT2D eigenvalue weighted by atomic mass is 32.1. The van der Waals surface area contributed by atoms with Crippen molar-refractivity contribution in [3.8, 4) is 0 Å². The van der Waals surface area contributed by atoms with E-state index in [-0.39, 0.29) is 0 Å². The van der Waals surface area contributed by atoms with Gasteiger partial charge in [0, 0.05) is 48.9 Å². The molecule has 0 aromatic carbocycles. The largest absolute Gasteiger partial charge is 0.375 e. The number of fused-ring (bicyclic) bond motifs is 1. The topological polar surface area (TPSA) is 30.3 Å². The van der Waals surface area contributed by atoms with Crippen LogP contribution in [0, 0.1) is 5.92 Å². The molecule has 0 unspecified atom stereocenters. The molecule has 1 saturated carbocycles. The fourth-order valence-electron chi connectivity index (χ4n) is 3.80. The molecule has 4 rings (SSSR count). The van der Waals surface area contributed by atoms with Crippen molar-refractivity contribution in [2.45, 2.75) is 38.1 Å². The van der Waals surface area contributed by atoms with Crippen LogP contribution in [0.15, 0.2) is 36.2 Å². The van der Waals surface area contributed by atoms with Crippen LogP contribution < -0.4 is 0 Å². The summed E-state index contributed by atoms with van der Waals surface area (Å²) in [5.41, 5.74) is 0. The number of hydrogen-bond acceptors (Lipinski definition) is 4. The average Bonchev–Trinajstić information content (AvgIpc) is 3.22. The summed E-state index contributed by atoms with van der Waals surface area (Å²) >= 11 is 1.86. The third-order valence-electron chi connectivity index (χ3n) is 4.78. The van der Waals surface area contributed by atoms with Crippen molar-refractivity contribution in [3.05, 3.63) is 41.1 Å². The van der Waals surface area contributed by atoms with Crippen molar-refractivity contribution in [1.82, 2.24) is 14.5 Å². The van der Waals surface area contributed by atoms with Gasteiger partial charge in [-0.2, -0.15) is 0 Å². The minimum atomic E-state index is 0.390. The van der Waals surface area contributed by atoms with Crippen molar-refractivity contribution < 1.29 is 4.74 Å². The van der Waals surface area contributed by atoms with Crippen LogP contribution in [0.4, 0.5) is 0 Å². The second-order valence-corrected chi connectivity index (χ2v) is 7.08. The molecule has 2 aromatic rings. The number of rotatable bonds is 4. The summed E-state index contributed by atoms with van der Waals surface area (Å²) in [5.74, 6) is 0.621. The van der Waals surface area contributed by atoms with E-state index < -0.39 is 0 Å². The molecule has 112 valence electrons. The first-order valence-electron chi connectivity index (χ1n) is 7.74. The van der Waals surface area contributed by atoms with Gasteiger partial charge in [0.2, 0.25) is 0 Å². The molecule has 0 bridgehead atoms. The van der Waals surface area contributed by atoms with E-state index in [1.54, 1.807) is 0 Å². The van der Waals surface area contributed by atoms with Crippen LogP contribution in [0.3, 0.4) is 0 Å². The maximum atomic E-state index is 6.14. The summed E-state index contributed by atoms with van der Waals surface area (Å²) in [7, 11) is 0. The normalized spacial score (nSPS) is 29.6. The van der Waals surface area contributed by atoms with E-state index in [0.717, 1.165) is 26.2 Å². The van der Waals surface area contributed by atoms with Gasteiger partial charge in [0.15, 0.2) is 0 Å². The molecule has 0 amide bonds. The molecule has 2 aromatic heterocycles. The Morgan fingerprint density at radius 2 is 2.38 bits per heavy atom. The molecule has 5 heteroatoms. The van der Waals surface area contributed by atoms with Crippen LogP contribution >= 0.6 is 11.3 Å². The highest BCUT2D eigenvalue weighted by Gasteiger charge is 2.42. The van der Waals surface area contributed by atoms with E-state index in [1.807, 2.05) is 23.9 Å². The van der Waals surface area contributed by atoms with E-state index in [0.29, 0.717) is 18.1 Å². The van der Waals surface area contributed by atoms with E-state index in [9.17, 15) is 0 Å². The quantitative estimate of drug-likeness (QED) is 0.870. The lowest BCUT2D eigenvalue weighted by molar-refractivity contribution is -0.0783. The Bertz CT molecular complexity index is 554. The molecular weight excluding hydrogens is 282 g/mol. The monoisotopic (exact) mass is 303 g/mol. The number of imidazole rings is 1. The Balaban J connectivity index is 1.44. The molecule has 1 aliphatic heterocycles. The van der Waals surface area contributed by atoms with Gasteiger partial charge in [-0.05, 0) is 24.3 Å². The summed E-state index contributed by atoms with van der Waals surface area (Å²) in [6.07, 6.45) is 8.74. The van der Waals surface area contributed by atoms with Gasteiger partial charge in [0.1, 0.15) is 0 Å². The van der Waals surface area contributed by atoms with Crippen LogP contribution in [-0.4, -0.2) is 39.7 Å². The van der Waals surface area contributed by atoms with Crippen molar-refractivity contribution in [2.24, 2.45) is 5.92 Å². The molecule has 3 atom stereocenters. The zero-order valence-electron chi connectivity index (χ0n) is 12.1. The van der Waals surface area contributed by atoms with Crippen LogP contribution in [0.25, 0.3) is 0 Å². The second-order valence-electron chi connectivity index (χ2n) is 6.05. The van der Waals surface area contributed by atoms with Crippen LogP contribution in [-0.2, 0) is 17.8 Å². The lowest BCUT2D eigenvalue weighted by Crippen LogP contribution is -2.50. The van der Waals surface area contributed by atoms with Gasteiger partial charge < -0.3 is 9.30 Å². The predicted molar refractivity (Wildman–Crippen MR) is 83.2 cm³/mol. The zero-order chi connectivity index (χ0) is 14.1. The molecule has 0 N–H and O–H groups in total. The molecule has 4 nitrogen and oxygen atoms in total. The first kappa shape index (κ1) is 13.5. The van der Waals surface area contributed by atoms with Crippen molar-refractivity contribution >= 4 is 11.3 Å². The number of thiophene rings is 1. The summed E-state index contributed by atoms with van der Waals surface area (Å²) in [5, 5.41) is 2.17. The lowest BCUT2D eigenvalue weighted by Gasteiger charge is -2.39. The van der Waals surface area contributed by atoms with Gasteiger partial charge in [-0.15, -0.1) is 11.3 Å². The minimum absolute atomic E-state index is 0.390. The SMILES string of the molecule is c1csc(CN2CCO[C@@H]3[C@@H](Cn4ccnc4)CC[C@H]32)c1. The number of ether oxygens (including phenoxy) is 1. The van der Waals surface area contributed by atoms with E-state index in [1.165, 1.54) is 17.7 Å². The third-order valence-corrected chi connectivity index (χ3v) is 5.64. The van der Waals surface area contributed by atoms with Crippen molar-refractivity contribution in [3.63, 3.8) is 0 Å². The van der Waals surface area contributed by atoms with Crippen molar-refractivity contribution in [2.75, 3.05) is 13.2 Å². The Morgan fingerprint density at radius 3 is 3.19 bits per heavy atom. The summed E-state index contributed by atoms with van der Waals surface area (Å²) in [6.45, 7) is 4.05. The van der Waals surface area contributed by atoms with E-state index in [4.69, 9.17) is 4.74 Å². The van der Waals surface area contributed by atoms with E-state index >= 15 is 0 Å². The van der Waals surface area contributed by atoms with Gasteiger partial charge >= 0.3 is 0 Å². The number of nitrogens with zero attached hydrogens (tertiary/aromatic N) is 3. The summed E-state index contributed by atoms with van der Waals surface area (Å²) in [6, 6.07) is 4.98. The first-order chi connectivity index (χ1) is 10.4. The maximum Gasteiger partial charge on any atom is 0.0946 e. The smallest absolute Gasteiger partial charge is 0.0946 e. The van der Waals surface area contributed by atoms with Crippen molar-refractivity contribution in [1.29, 1.82) is 0 Å². The Labute approximate surface area is 129 Å². The molecule has 1 saturated heterocycles. The molecular formula is C16H21N3OS. The lowest BCUT2D eigenvalue weighted by atomic mass is 10.0. The predicted octanol–water partition coefficient (Wildman–Crippen LogP) is 2.62. The fourth-order valence-corrected chi connectivity index (χ4v) is 4.53. The number of morpholine rings is 1. The standard InChI is InChI=1S/C16H21N3OS/c1-2-14(21-9-1)11-19-7-8-20-16-13(3-4-15(16)19)10-18-6-5-17-12-18/h1-2,5-6,9,12-13,15-16H,3-4,7-8,10-11H2/t13-,15-,16-/m1/s1. The average molecular weight is 303 g/mol. The maximum absolute atomic E-state index is 6.14. The van der Waals surface area contributed by atoms with Gasteiger partial charge in [0.25, 0.3) is 0 Å². The van der Waals surface area contributed by atoms with Crippen LogP contribution in [0.1, 0.15) is 17.7 Å². The third kappa shape index (κ3) is 2.78. The van der Waals surface area contributed by atoms with E-state index in [2.05, 4.69) is 38.2 Å². The second kappa shape index (κ2) is 5.91. The highest BCUT2D eigenvalue weighted by Crippen LogP contribution is 2.36. The number of hydrogen-bond donors (Lipinski definition) is 0. The van der Waals surface area contributed by atoms with Gasteiger partial charge in [-0.25, -0.2) is 4.98 Å². The summed E-state index contributed by atoms with van der Waals surface area (Å²) < 4.78 is 8.33. The Hall–Kier alpha value is -1.17. The molecule has 2 fully saturated rings. The van der Waals surface area contributed by atoms with Gasteiger partial charge in [-0.3, -0.25) is 4.90 Å². The van der Waals surface area contributed by atoms with Gasteiger partial charge in [-0.1, -0.05) is 6.07 Å². The molecule has 1 aliphatic carbocycles. The molecule has 0 radical (unpaired) electrons.